The Labute approximate surface area is 104 Å². The predicted octanol–water partition coefficient (Wildman–Crippen LogP) is 1.25. The minimum absolute atomic E-state index is 0.752. The summed E-state index contributed by atoms with van der Waals surface area (Å²) in [5.74, 6) is 1.07. The van der Waals surface area contributed by atoms with Crippen LogP contribution in [0.2, 0.25) is 0 Å². The first kappa shape index (κ1) is 14.1. The van der Waals surface area contributed by atoms with Crippen LogP contribution in [0.5, 0.6) is 0 Å². The van der Waals surface area contributed by atoms with Gasteiger partial charge in [0.15, 0.2) is 0 Å². The summed E-state index contributed by atoms with van der Waals surface area (Å²) in [6.07, 6.45) is 4.94. The molecule has 2 N–H and O–H groups in total. The standard InChI is InChI=1S/C12H25N5/c1-3-7-16(9-5-6-13)10-12-14-11-15-17(12)8-4-2/h11H,3-10,13H2,1-2H3. The molecule has 1 aromatic heterocycles. The highest BCUT2D eigenvalue weighted by atomic mass is 15.3. The smallest absolute Gasteiger partial charge is 0.141 e. The SMILES string of the molecule is CCCN(CCCN)Cc1ncnn1CCC. The number of hydrogen-bond acceptors (Lipinski definition) is 4. The fraction of sp³-hybridized carbons (Fsp3) is 0.833. The maximum absolute atomic E-state index is 5.56. The zero-order valence-electron chi connectivity index (χ0n) is 11.1. The molecule has 5 heteroatoms. The van der Waals surface area contributed by atoms with Crippen molar-refractivity contribution < 1.29 is 0 Å². The van der Waals surface area contributed by atoms with Gasteiger partial charge in [-0.25, -0.2) is 9.67 Å². The van der Waals surface area contributed by atoms with E-state index < -0.39 is 0 Å². The van der Waals surface area contributed by atoms with Crippen LogP contribution in [0.15, 0.2) is 6.33 Å². The summed E-state index contributed by atoms with van der Waals surface area (Å²) in [6.45, 7) is 9.08. The van der Waals surface area contributed by atoms with Gasteiger partial charge in [-0.1, -0.05) is 13.8 Å². The van der Waals surface area contributed by atoms with E-state index in [1.165, 1.54) is 0 Å². The van der Waals surface area contributed by atoms with Crippen molar-refractivity contribution in [2.24, 2.45) is 5.73 Å². The van der Waals surface area contributed by atoms with Gasteiger partial charge < -0.3 is 5.73 Å². The number of nitrogens with zero attached hydrogens (tertiary/aromatic N) is 4. The first-order valence-electron chi connectivity index (χ1n) is 6.60. The number of nitrogens with two attached hydrogens (primary N) is 1. The van der Waals surface area contributed by atoms with Crippen molar-refractivity contribution in [3.63, 3.8) is 0 Å². The molecule has 0 bridgehead atoms. The van der Waals surface area contributed by atoms with Gasteiger partial charge in [-0.3, -0.25) is 4.90 Å². The van der Waals surface area contributed by atoms with E-state index in [1.807, 2.05) is 4.68 Å². The summed E-state index contributed by atoms with van der Waals surface area (Å²) >= 11 is 0. The molecule has 0 aromatic carbocycles. The third-order valence-corrected chi connectivity index (χ3v) is 2.71. The first-order chi connectivity index (χ1) is 8.31. The van der Waals surface area contributed by atoms with Gasteiger partial charge in [-0.15, -0.1) is 0 Å². The Morgan fingerprint density at radius 1 is 1.29 bits per heavy atom. The molecule has 98 valence electrons. The molecule has 17 heavy (non-hydrogen) atoms. The lowest BCUT2D eigenvalue weighted by Gasteiger charge is -2.20. The van der Waals surface area contributed by atoms with E-state index in [1.54, 1.807) is 6.33 Å². The maximum atomic E-state index is 5.56. The fourth-order valence-corrected chi connectivity index (χ4v) is 1.91. The van der Waals surface area contributed by atoms with Crippen molar-refractivity contribution in [2.75, 3.05) is 19.6 Å². The molecule has 0 saturated carbocycles. The molecule has 5 nitrogen and oxygen atoms in total. The molecule has 0 unspecified atom stereocenters. The second-order valence-corrected chi connectivity index (χ2v) is 4.32. The number of hydrogen-bond donors (Lipinski definition) is 1. The van der Waals surface area contributed by atoms with Crippen molar-refractivity contribution >= 4 is 0 Å². The van der Waals surface area contributed by atoms with Crippen LogP contribution < -0.4 is 5.73 Å². The molecule has 0 radical (unpaired) electrons. The van der Waals surface area contributed by atoms with Gasteiger partial charge in [0.05, 0.1) is 6.54 Å². The van der Waals surface area contributed by atoms with Gasteiger partial charge in [0.1, 0.15) is 12.2 Å². The lowest BCUT2D eigenvalue weighted by Crippen LogP contribution is -2.28. The van der Waals surface area contributed by atoms with Gasteiger partial charge >= 0.3 is 0 Å². The minimum atomic E-state index is 0.752. The first-order valence-corrected chi connectivity index (χ1v) is 6.60. The number of aryl methyl sites for hydroxylation is 1. The highest BCUT2D eigenvalue weighted by Crippen LogP contribution is 2.04. The number of rotatable bonds is 9. The van der Waals surface area contributed by atoms with Gasteiger partial charge in [0.2, 0.25) is 0 Å². The summed E-state index contributed by atoms with van der Waals surface area (Å²) in [6, 6.07) is 0. The van der Waals surface area contributed by atoms with Crippen LogP contribution in [-0.4, -0.2) is 39.3 Å². The summed E-state index contributed by atoms with van der Waals surface area (Å²) in [7, 11) is 0. The molecule has 0 aliphatic carbocycles. The summed E-state index contributed by atoms with van der Waals surface area (Å²) < 4.78 is 2.01. The molecule has 0 amide bonds. The van der Waals surface area contributed by atoms with E-state index in [0.717, 1.165) is 57.8 Å². The van der Waals surface area contributed by atoms with Crippen LogP contribution in [0, 0.1) is 0 Å². The minimum Gasteiger partial charge on any atom is -0.330 e. The van der Waals surface area contributed by atoms with Gasteiger partial charge in [-0.2, -0.15) is 5.10 Å². The molecule has 0 fully saturated rings. The van der Waals surface area contributed by atoms with Gasteiger partial charge in [-0.05, 0) is 38.9 Å². The third kappa shape index (κ3) is 4.83. The normalized spacial score (nSPS) is 11.3. The third-order valence-electron chi connectivity index (χ3n) is 2.71. The van der Waals surface area contributed by atoms with Crippen LogP contribution in [0.4, 0.5) is 0 Å². The highest BCUT2D eigenvalue weighted by Gasteiger charge is 2.09. The van der Waals surface area contributed by atoms with Gasteiger partial charge in [0.25, 0.3) is 0 Å². The monoisotopic (exact) mass is 239 g/mol. The Morgan fingerprint density at radius 2 is 2.12 bits per heavy atom. The van der Waals surface area contributed by atoms with E-state index in [9.17, 15) is 0 Å². The molecule has 0 saturated heterocycles. The molecule has 0 aliphatic rings. The summed E-state index contributed by atoms with van der Waals surface area (Å²) in [5.41, 5.74) is 5.56. The van der Waals surface area contributed by atoms with Crippen molar-refractivity contribution in [2.45, 2.75) is 46.2 Å². The van der Waals surface area contributed by atoms with Crippen molar-refractivity contribution in [3.05, 3.63) is 12.2 Å². The molecular weight excluding hydrogens is 214 g/mol. The summed E-state index contributed by atoms with van der Waals surface area (Å²) in [4.78, 5) is 6.75. The van der Waals surface area contributed by atoms with Crippen LogP contribution in [-0.2, 0) is 13.1 Å². The number of aromatic nitrogens is 3. The van der Waals surface area contributed by atoms with E-state index in [2.05, 4.69) is 28.8 Å². The largest absolute Gasteiger partial charge is 0.330 e. The van der Waals surface area contributed by atoms with E-state index in [4.69, 9.17) is 5.73 Å². The molecule has 0 atom stereocenters. The van der Waals surface area contributed by atoms with Crippen LogP contribution >= 0.6 is 0 Å². The Kier molecular flexibility index (Phi) is 6.81. The zero-order valence-corrected chi connectivity index (χ0v) is 11.1. The quantitative estimate of drug-likeness (QED) is 0.704. The molecule has 0 aliphatic heterocycles. The Bertz CT molecular complexity index is 297. The van der Waals surface area contributed by atoms with Crippen molar-refractivity contribution in [1.29, 1.82) is 0 Å². The second kappa shape index (κ2) is 8.20. The topological polar surface area (TPSA) is 60.0 Å². The fourth-order valence-electron chi connectivity index (χ4n) is 1.91. The molecule has 1 rings (SSSR count). The average Bonchev–Trinajstić information content (AvgIpc) is 2.74. The molecular formula is C12H25N5. The lowest BCUT2D eigenvalue weighted by molar-refractivity contribution is 0.252. The molecule has 1 heterocycles. The maximum Gasteiger partial charge on any atom is 0.141 e. The molecule has 0 spiro atoms. The van der Waals surface area contributed by atoms with Crippen LogP contribution in [0.3, 0.4) is 0 Å². The predicted molar refractivity (Wildman–Crippen MR) is 69.6 cm³/mol. The van der Waals surface area contributed by atoms with E-state index >= 15 is 0 Å². The lowest BCUT2D eigenvalue weighted by atomic mass is 10.3. The van der Waals surface area contributed by atoms with Gasteiger partial charge in [0, 0.05) is 6.54 Å². The average molecular weight is 239 g/mol. The summed E-state index contributed by atoms with van der Waals surface area (Å²) in [5, 5.41) is 4.25. The van der Waals surface area contributed by atoms with Crippen LogP contribution in [0.1, 0.15) is 38.9 Å². The van der Waals surface area contributed by atoms with E-state index in [-0.39, 0.29) is 0 Å². The second-order valence-electron chi connectivity index (χ2n) is 4.32. The Hall–Kier alpha value is -0.940. The Morgan fingerprint density at radius 3 is 2.76 bits per heavy atom. The van der Waals surface area contributed by atoms with Crippen molar-refractivity contribution in [1.82, 2.24) is 19.7 Å². The zero-order chi connectivity index (χ0) is 12.5. The van der Waals surface area contributed by atoms with E-state index in [0.29, 0.717) is 0 Å². The highest BCUT2D eigenvalue weighted by molar-refractivity contribution is 4.84. The van der Waals surface area contributed by atoms with Crippen LogP contribution in [0.25, 0.3) is 0 Å². The van der Waals surface area contributed by atoms with Crippen molar-refractivity contribution in [3.8, 4) is 0 Å². The molecule has 1 aromatic rings. The Balaban J connectivity index is 2.54.